The van der Waals surface area contributed by atoms with Crippen molar-refractivity contribution in [2.24, 2.45) is 0 Å². The molecule has 6 nitrogen and oxygen atoms in total. The predicted molar refractivity (Wildman–Crippen MR) is 113 cm³/mol. The van der Waals surface area contributed by atoms with E-state index in [1.807, 2.05) is 30.3 Å². The van der Waals surface area contributed by atoms with Gasteiger partial charge in [-0.3, -0.25) is 4.79 Å². The number of amides is 1. The Morgan fingerprint density at radius 2 is 1.86 bits per heavy atom. The maximum atomic E-state index is 13.1. The molecule has 0 aliphatic heterocycles. The van der Waals surface area contributed by atoms with Crippen LogP contribution in [0.2, 0.25) is 5.02 Å². The van der Waals surface area contributed by atoms with Crippen molar-refractivity contribution in [3.63, 3.8) is 0 Å². The number of nitrogens with one attached hydrogen (secondary N) is 2. The largest absolute Gasteiger partial charge is 0.495 e. The van der Waals surface area contributed by atoms with E-state index in [2.05, 4.69) is 10.0 Å². The van der Waals surface area contributed by atoms with Crippen LogP contribution in [0.5, 0.6) is 5.75 Å². The molecule has 1 atom stereocenters. The van der Waals surface area contributed by atoms with Gasteiger partial charge in [-0.1, -0.05) is 54.8 Å². The van der Waals surface area contributed by atoms with Gasteiger partial charge >= 0.3 is 0 Å². The second-order valence-corrected chi connectivity index (χ2v) is 9.27. The van der Waals surface area contributed by atoms with Crippen LogP contribution in [0.4, 0.5) is 0 Å². The summed E-state index contributed by atoms with van der Waals surface area (Å²) in [5, 5.41) is 3.26. The number of rotatable bonds is 8. The average Bonchev–Trinajstić information content (AvgIpc) is 3.21. The maximum Gasteiger partial charge on any atom is 0.245 e. The van der Waals surface area contributed by atoms with Gasteiger partial charge < -0.3 is 10.1 Å². The van der Waals surface area contributed by atoms with Crippen molar-refractivity contribution in [1.82, 2.24) is 10.0 Å². The van der Waals surface area contributed by atoms with E-state index in [0.29, 0.717) is 0 Å². The molecule has 1 aliphatic carbocycles. The lowest BCUT2D eigenvalue weighted by Gasteiger charge is -2.22. The molecule has 1 unspecified atom stereocenters. The fourth-order valence-electron chi connectivity index (χ4n) is 3.52. The summed E-state index contributed by atoms with van der Waals surface area (Å²) < 4.78 is 33.9. The van der Waals surface area contributed by atoms with Gasteiger partial charge in [0.1, 0.15) is 16.7 Å². The Morgan fingerprint density at radius 3 is 2.52 bits per heavy atom. The second-order valence-electron chi connectivity index (χ2n) is 7.15. The summed E-state index contributed by atoms with van der Waals surface area (Å²) in [5.41, 5.74) is 0.861. The van der Waals surface area contributed by atoms with Crippen LogP contribution in [0.15, 0.2) is 53.4 Å². The van der Waals surface area contributed by atoms with Crippen molar-refractivity contribution in [2.75, 3.05) is 7.11 Å². The van der Waals surface area contributed by atoms with Gasteiger partial charge in [0.2, 0.25) is 15.9 Å². The lowest BCUT2D eigenvalue weighted by Crippen LogP contribution is -2.50. The molecule has 0 heterocycles. The van der Waals surface area contributed by atoms with E-state index in [1.54, 1.807) is 6.07 Å². The normalized spacial score (nSPS) is 15.8. The average molecular weight is 437 g/mol. The minimum Gasteiger partial charge on any atom is -0.495 e. The molecular formula is C21H25ClN2O4S. The Bertz CT molecular complexity index is 944. The molecule has 0 bridgehead atoms. The van der Waals surface area contributed by atoms with E-state index < -0.39 is 16.1 Å². The number of carbonyl (C=O) groups excluding carboxylic acids is 1. The first-order valence-electron chi connectivity index (χ1n) is 9.59. The third-order valence-electron chi connectivity index (χ3n) is 5.01. The highest BCUT2D eigenvalue weighted by atomic mass is 35.5. The van der Waals surface area contributed by atoms with E-state index in [-0.39, 0.29) is 34.0 Å². The fraction of sp³-hybridized carbons (Fsp3) is 0.381. The quantitative estimate of drug-likeness (QED) is 0.665. The lowest BCUT2D eigenvalue weighted by molar-refractivity contribution is -0.123. The van der Waals surface area contributed by atoms with Crippen molar-refractivity contribution >= 4 is 27.5 Å². The number of hydrogen-bond acceptors (Lipinski definition) is 4. The second kappa shape index (κ2) is 9.61. The molecule has 29 heavy (non-hydrogen) atoms. The molecular weight excluding hydrogens is 412 g/mol. The monoisotopic (exact) mass is 436 g/mol. The molecule has 8 heteroatoms. The van der Waals surface area contributed by atoms with Crippen molar-refractivity contribution < 1.29 is 17.9 Å². The lowest BCUT2D eigenvalue weighted by atomic mass is 10.1. The summed E-state index contributed by atoms with van der Waals surface area (Å²) in [7, 11) is -2.66. The minimum atomic E-state index is -4.04. The van der Waals surface area contributed by atoms with Gasteiger partial charge in [-0.2, -0.15) is 4.72 Å². The molecule has 1 aliphatic rings. The first-order chi connectivity index (χ1) is 13.9. The number of benzene rings is 2. The van der Waals surface area contributed by atoms with Gasteiger partial charge in [0.05, 0.1) is 7.11 Å². The highest BCUT2D eigenvalue weighted by Crippen LogP contribution is 2.27. The predicted octanol–water partition coefficient (Wildman–Crippen LogP) is 3.30. The Hall–Kier alpha value is -2.09. The third kappa shape index (κ3) is 5.72. The van der Waals surface area contributed by atoms with Gasteiger partial charge in [-0.05, 0) is 43.0 Å². The Balaban J connectivity index is 1.86. The number of hydrogen-bond donors (Lipinski definition) is 2. The number of sulfonamides is 1. The number of methoxy groups -OCH3 is 1. The summed E-state index contributed by atoms with van der Waals surface area (Å²) in [6.45, 7) is 0. The maximum absolute atomic E-state index is 13.1. The summed E-state index contributed by atoms with van der Waals surface area (Å²) in [6.07, 6.45) is 4.21. The molecule has 0 radical (unpaired) electrons. The molecule has 0 aromatic heterocycles. The smallest absolute Gasteiger partial charge is 0.245 e. The highest BCUT2D eigenvalue weighted by molar-refractivity contribution is 7.89. The molecule has 156 valence electrons. The van der Waals surface area contributed by atoms with Gasteiger partial charge in [-0.15, -0.1) is 0 Å². The Morgan fingerprint density at radius 1 is 1.17 bits per heavy atom. The first-order valence-corrected chi connectivity index (χ1v) is 11.5. The van der Waals surface area contributed by atoms with E-state index >= 15 is 0 Å². The first kappa shape index (κ1) is 21.6. The molecule has 3 rings (SSSR count). The van der Waals surface area contributed by atoms with Gasteiger partial charge in [0, 0.05) is 11.1 Å². The van der Waals surface area contributed by atoms with E-state index in [1.165, 1.54) is 19.2 Å². The number of carbonyl (C=O) groups is 1. The van der Waals surface area contributed by atoms with Crippen LogP contribution in [-0.4, -0.2) is 33.5 Å². The summed E-state index contributed by atoms with van der Waals surface area (Å²) in [6, 6.07) is 12.8. The summed E-state index contributed by atoms with van der Waals surface area (Å²) in [4.78, 5) is 12.8. The zero-order valence-electron chi connectivity index (χ0n) is 16.2. The van der Waals surface area contributed by atoms with E-state index in [4.69, 9.17) is 16.3 Å². The third-order valence-corrected chi connectivity index (χ3v) is 6.74. The van der Waals surface area contributed by atoms with Crippen molar-refractivity contribution in [2.45, 2.75) is 49.1 Å². The van der Waals surface area contributed by atoms with Gasteiger partial charge in [0.25, 0.3) is 0 Å². The zero-order chi connectivity index (χ0) is 20.9. The molecule has 2 aromatic carbocycles. The molecule has 1 fully saturated rings. The van der Waals surface area contributed by atoms with Crippen LogP contribution in [0.1, 0.15) is 31.2 Å². The standard InChI is InChI=1S/C21H25ClN2O4S/c1-28-19-12-11-16(22)14-20(19)29(26,27)24-18(13-15-7-3-2-4-8-15)21(25)23-17-9-5-6-10-17/h2-4,7-8,11-12,14,17-18,24H,5-6,9-10,13H2,1H3,(H,23,25). The Labute approximate surface area is 176 Å². The van der Waals surface area contributed by atoms with Crippen molar-refractivity contribution in [1.29, 1.82) is 0 Å². The Kier molecular flexibility index (Phi) is 7.16. The van der Waals surface area contributed by atoms with Crippen molar-refractivity contribution in [3.8, 4) is 5.75 Å². The van der Waals surface area contributed by atoms with Crippen LogP contribution in [0, 0.1) is 0 Å². The van der Waals surface area contributed by atoms with Crippen molar-refractivity contribution in [3.05, 3.63) is 59.1 Å². The molecule has 2 aromatic rings. The number of ether oxygens (including phenoxy) is 1. The summed E-state index contributed by atoms with van der Waals surface area (Å²) in [5.74, 6) is -0.165. The molecule has 0 saturated heterocycles. The molecule has 1 amide bonds. The minimum absolute atomic E-state index is 0.0889. The van der Waals surface area contributed by atoms with Crippen LogP contribution in [0.3, 0.4) is 0 Å². The molecule has 1 saturated carbocycles. The van der Waals surface area contributed by atoms with Crippen LogP contribution in [0.25, 0.3) is 0 Å². The zero-order valence-corrected chi connectivity index (χ0v) is 17.8. The molecule has 2 N–H and O–H groups in total. The van der Waals surface area contributed by atoms with E-state index in [0.717, 1.165) is 31.2 Å². The number of halogens is 1. The van der Waals surface area contributed by atoms with Crippen LogP contribution >= 0.6 is 11.6 Å². The highest BCUT2D eigenvalue weighted by Gasteiger charge is 2.30. The van der Waals surface area contributed by atoms with Crippen LogP contribution < -0.4 is 14.8 Å². The summed E-state index contributed by atoms with van der Waals surface area (Å²) >= 11 is 6.00. The van der Waals surface area contributed by atoms with Crippen LogP contribution in [-0.2, 0) is 21.2 Å². The van der Waals surface area contributed by atoms with E-state index in [9.17, 15) is 13.2 Å². The van der Waals surface area contributed by atoms with Gasteiger partial charge in [0.15, 0.2) is 0 Å². The SMILES string of the molecule is COc1ccc(Cl)cc1S(=O)(=O)NC(Cc1ccccc1)C(=O)NC1CCCC1. The van der Waals surface area contributed by atoms with Gasteiger partial charge in [-0.25, -0.2) is 8.42 Å². The fourth-order valence-corrected chi connectivity index (χ4v) is 5.15. The topological polar surface area (TPSA) is 84.5 Å². The molecule has 0 spiro atoms.